The Bertz CT molecular complexity index is 351. The van der Waals surface area contributed by atoms with Crippen molar-refractivity contribution >= 4 is 5.91 Å². The summed E-state index contributed by atoms with van der Waals surface area (Å²) in [6, 6.07) is 9.99. The molecule has 4 heteroatoms. The molecular weight excluding hydrogens is 230 g/mol. The van der Waals surface area contributed by atoms with Gasteiger partial charge in [-0.05, 0) is 19.4 Å². The first-order valence-electron chi connectivity index (χ1n) is 6.17. The predicted molar refractivity (Wildman–Crippen MR) is 70.0 cm³/mol. The number of benzene rings is 1. The third kappa shape index (κ3) is 4.85. The van der Waals surface area contributed by atoms with E-state index in [0.717, 1.165) is 5.56 Å². The highest BCUT2D eigenvalue weighted by Gasteiger charge is 2.17. The van der Waals surface area contributed by atoms with Gasteiger partial charge < -0.3 is 14.7 Å². The number of carbonyl (C=O) groups is 1. The van der Waals surface area contributed by atoms with E-state index in [-0.39, 0.29) is 31.8 Å². The van der Waals surface area contributed by atoms with Crippen molar-refractivity contribution in [2.75, 3.05) is 19.8 Å². The average molecular weight is 251 g/mol. The monoisotopic (exact) mass is 251 g/mol. The SMILES string of the molecule is CC(C)N(Cc1ccccc1)C(=O)COCCO. The van der Waals surface area contributed by atoms with Gasteiger partial charge in [-0.15, -0.1) is 0 Å². The Morgan fingerprint density at radius 3 is 2.56 bits per heavy atom. The van der Waals surface area contributed by atoms with Crippen LogP contribution in [0.4, 0.5) is 0 Å². The number of hydrogen-bond donors (Lipinski definition) is 1. The summed E-state index contributed by atoms with van der Waals surface area (Å²) < 4.78 is 5.07. The summed E-state index contributed by atoms with van der Waals surface area (Å²) >= 11 is 0. The van der Waals surface area contributed by atoms with Crippen LogP contribution in [0.5, 0.6) is 0 Å². The lowest BCUT2D eigenvalue weighted by molar-refractivity contribution is -0.138. The first-order valence-corrected chi connectivity index (χ1v) is 6.17. The molecule has 0 saturated heterocycles. The molecule has 0 heterocycles. The molecule has 0 aromatic heterocycles. The molecule has 4 nitrogen and oxygen atoms in total. The maximum atomic E-state index is 12.0. The van der Waals surface area contributed by atoms with Crippen molar-refractivity contribution in [3.05, 3.63) is 35.9 Å². The quantitative estimate of drug-likeness (QED) is 0.746. The Balaban J connectivity index is 2.57. The van der Waals surface area contributed by atoms with E-state index in [0.29, 0.717) is 6.54 Å². The number of carbonyl (C=O) groups excluding carboxylic acids is 1. The Kier molecular flexibility index (Phi) is 6.39. The Labute approximate surface area is 108 Å². The van der Waals surface area contributed by atoms with E-state index in [1.807, 2.05) is 44.2 Å². The molecule has 0 aliphatic heterocycles. The number of aliphatic hydroxyl groups is 1. The first-order chi connectivity index (χ1) is 8.65. The van der Waals surface area contributed by atoms with Gasteiger partial charge in [0.05, 0.1) is 13.2 Å². The van der Waals surface area contributed by atoms with Gasteiger partial charge in [-0.25, -0.2) is 0 Å². The van der Waals surface area contributed by atoms with Gasteiger partial charge in [0.15, 0.2) is 0 Å². The van der Waals surface area contributed by atoms with Gasteiger partial charge in [-0.3, -0.25) is 4.79 Å². The van der Waals surface area contributed by atoms with Crippen molar-refractivity contribution in [2.45, 2.75) is 26.4 Å². The average Bonchev–Trinajstić information content (AvgIpc) is 2.37. The summed E-state index contributed by atoms with van der Waals surface area (Å²) in [6.45, 7) is 4.70. The Hall–Kier alpha value is -1.39. The third-order valence-corrected chi connectivity index (χ3v) is 2.60. The molecule has 1 N–H and O–H groups in total. The van der Waals surface area contributed by atoms with E-state index in [1.54, 1.807) is 4.90 Å². The highest BCUT2D eigenvalue weighted by Crippen LogP contribution is 2.08. The van der Waals surface area contributed by atoms with Crippen LogP contribution in [0.3, 0.4) is 0 Å². The lowest BCUT2D eigenvalue weighted by Gasteiger charge is -2.26. The minimum Gasteiger partial charge on any atom is -0.394 e. The Morgan fingerprint density at radius 1 is 1.33 bits per heavy atom. The van der Waals surface area contributed by atoms with Crippen molar-refractivity contribution in [1.29, 1.82) is 0 Å². The lowest BCUT2D eigenvalue weighted by Crippen LogP contribution is -2.38. The molecule has 0 atom stereocenters. The minimum absolute atomic E-state index is 0.0194. The summed E-state index contributed by atoms with van der Waals surface area (Å²) in [5.41, 5.74) is 1.10. The molecule has 0 aliphatic carbocycles. The summed E-state index contributed by atoms with van der Waals surface area (Å²) in [4.78, 5) is 13.8. The van der Waals surface area contributed by atoms with E-state index in [2.05, 4.69) is 0 Å². The van der Waals surface area contributed by atoms with Crippen molar-refractivity contribution in [2.24, 2.45) is 0 Å². The van der Waals surface area contributed by atoms with Crippen LogP contribution in [-0.2, 0) is 16.1 Å². The van der Waals surface area contributed by atoms with Crippen LogP contribution in [0.1, 0.15) is 19.4 Å². The van der Waals surface area contributed by atoms with E-state index in [1.165, 1.54) is 0 Å². The zero-order valence-corrected chi connectivity index (χ0v) is 11.0. The molecule has 100 valence electrons. The van der Waals surface area contributed by atoms with E-state index in [9.17, 15) is 4.79 Å². The summed E-state index contributed by atoms with van der Waals surface area (Å²) in [5.74, 6) is -0.0534. The van der Waals surface area contributed by atoms with Gasteiger partial charge in [-0.2, -0.15) is 0 Å². The molecule has 0 radical (unpaired) electrons. The normalized spacial score (nSPS) is 10.7. The van der Waals surface area contributed by atoms with E-state index in [4.69, 9.17) is 9.84 Å². The fourth-order valence-corrected chi connectivity index (χ4v) is 1.65. The number of hydrogen-bond acceptors (Lipinski definition) is 3. The molecule has 0 spiro atoms. The fraction of sp³-hybridized carbons (Fsp3) is 0.500. The van der Waals surface area contributed by atoms with Crippen LogP contribution in [0.15, 0.2) is 30.3 Å². The second-order valence-corrected chi connectivity index (χ2v) is 4.38. The molecule has 0 saturated carbocycles. The van der Waals surface area contributed by atoms with Crippen LogP contribution in [-0.4, -0.2) is 41.8 Å². The number of amides is 1. The standard InChI is InChI=1S/C14H21NO3/c1-12(2)15(14(17)11-18-9-8-16)10-13-6-4-3-5-7-13/h3-7,12,16H,8-11H2,1-2H3. The van der Waals surface area contributed by atoms with E-state index < -0.39 is 0 Å². The van der Waals surface area contributed by atoms with Gasteiger partial charge in [0, 0.05) is 12.6 Å². The largest absolute Gasteiger partial charge is 0.394 e. The molecule has 0 aliphatic rings. The second kappa shape index (κ2) is 7.84. The number of aliphatic hydroxyl groups excluding tert-OH is 1. The molecule has 1 aromatic carbocycles. The van der Waals surface area contributed by atoms with Gasteiger partial charge in [0.2, 0.25) is 5.91 Å². The highest BCUT2D eigenvalue weighted by molar-refractivity contribution is 5.77. The van der Waals surface area contributed by atoms with Crippen molar-refractivity contribution < 1.29 is 14.6 Å². The lowest BCUT2D eigenvalue weighted by atomic mass is 10.2. The molecular formula is C14H21NO3. The molecule has 1 amide bonds. The van der Waals surface area contributed by atoms with Gasteiger partial charge in [0.25, 0.3) is 0 Å². The van der Waals surface area contributed by atoms with Gasteiger partial charge in [0.1, 0.15) is 6.61 Å². The van der Waals surface area contributed by atoms with Crippen LogP contribution in [0.25, 0.3) is 0 Å². The minimum atomic E-state index is -0.0619. The number of rotatable bonds is 7. The van der Waals surface area contributed by atoms with Crippen LogP contribution < -0.4 is 0 Å². The molecule has 0 bridgehead atoms. The third-order valence-electron chi connectivity index (χ3n) is 2.60. The van der Waals surface area contributed by atoms with Gasteiger partial charge >= 0.3 is 0 Å². The predicted octanol–water partition coefficient (Wildman–Crippen LogP) is 1.43. The molecule has 1 aromatic rings. The second-order valence-electron chi connectivity index (χ2n) is 4.38. The molecule has 0 unspecified atom stereocenters. The maximum absolute atomic E-state index is 12.0. The maximum Gasteiger partial charge on any atom is 0.249 e. The molecule has 0 fully saturated rings. The number of ether oxygens (including phenoxy) is 1. The zero-order valence-electron chi connectivity index (χ0n) is 11.0. The van der Waals surface area contributed by atoms with E-state index >= 15 is 0 Å². The molecule has 1 rings (SSSR count). The topological polar surface area (TPSA) is 49.8 Å². The number of nitrogens with zero attached hydrogens (tertiary/aromatic N) is 1. The van der Waals surface area contributed by atoms with Crippen molar-refractivity contribution in [3.63, 3.8) is 0 Å². The summed E-state index contributed by atoms with van der Waals surface area (Å²) in [5, 5.41) is 8.61. The smallest absolute Gasteiger partial charge is 0.249 e. The van der Waals surface area contributed by atoms with Crippen molar-refractivity contribution in [3.8, 4) is 0 Å². The highest BCUT2D eigenvalue weighted by atomic mass is 16.5. The summed E-state index contributed by atoms with van der Waals surface area (Å²) in [6.07, 6.45) is 0. The fourth-order valence-electron chi connectivity index (χ4n) is 1.65. The summed E-state index contributed by atoms with van der Waals surface area (Å²) in [7, 11) is 0. The Morgan fingerprint density at radius 2 is 2.00 bits per heavy atom. The van der Waals surface area contributed by atoms with Gasteiger partial charge in [-0.1, -0.05) is 30.3 Å². The van der Waals surface area contributed by atoms with Crippen LogP contribution in [0, 0.1) is 0 Å². The molecule has 18 heavy (non-hydrogen) atoms. The van der Waals surface area contributed by atoms with Crippen LogP contribution >= 0.6 is 0 Å². The van der Waals surface area contributed by atoms with Crippen LogP contribution in [0.2, 0.25) is 0 Å². The zero-order chi connectivity index (χ0) is 13.4. The van der Waals surface area contributed by atoms with Crippen molar-refractivity contribution in [1.82, 2.24) is 4.90 Å². The first kappa shape index (κ1) is 14.7.